The molecule has 0 bridgehead atoms. The van der Waals surface area contributed by atoms with Gasteiger partial charge < -0.3 is 4.42 Å². The Balaban J connectivity index is 1.89. The maximum absolute atomic E-state index is 13.8. The van der Waals surface area contributed by atoms with Crippen molar-refractivity contribution in [3.8, 4) is 11.3 Å². The quantitative estimate of drug-likeness (QED) is 0.303. The monoisotopic (exact) mass is 400 g/mol. The smallest absolute Gasteiger partial charge is 0.201 e. The van der Waals surface area contributed by atoms with E-state index in [1.54, 1.807) is 0 Å². The molecule has 0 amide bonds. The fourth-order valence-corrected chi connectivity index (χ4v) is 3.81. The second-order valence-electron chi connectivity index (χ2n) is 7.33. The summed E-state index contributed by atoms with van der Waals surface area (Å²) in [5.41, 5.74) is 4.81. The Morgan fingerprint density at radius 1 is 0.645 bits per heavy atom. The molecule has 0 saturated carbocycles. The third kappa shape index (κ3) is 3.72. The summed E-state index contributed by atoms with van der Waals surface area (Å²) in [7, 11) is 0. The van der Waals surface area contributed by atoms with Crippen LogP contribution in [0.1, 0.15) is 16.7 Å². The highest BCUT2D eigenvalue weighted by Gasteiger charge is 2.20. The standard InChI is InChI=1S/C29H20O2/c30-28-24-18-10-11-19-26(24)31-29(23-16-8-3-9-17-23)27(28)25(22-14-6-2-7-15-22)20-21-12-4-1-5-13-21/h1-20H/b25-20-. The number of benzene rings is 4. The summed E-state index contributed by atoms with van der Waals surface area (Å²) < 4.78 is 6.36. The van der Waals surface area contributed by atoms with Gasteiger partial charge in [0.05, 0.1) is 10.9 Å². The maximum Gasteiger partial charge on any atom is 0.201 e. The Hall–Kier alpha value is -4.17. The van der Waals surface area contributed by atoms with E-state index in [1.807, 2.05) is 115 Å². The Bertz CT molecular complexity index is 1410. The van der Waals surface area contributed by atoms with E-state index in [4.69, 9.17) is 4.42 Å². The first-order chi connectivity index (χ1) is 15.3. The van der Waals surface area contributed by atoms with Crippen molar-refractivity contribution in [1.82, 2.24) is 0 Å². The van der Waals surface area contributed by atoms with Crippen molar-refractivity contribution in [2.24, 2.45) is 0 Å². The fraction of sp³-hybridized carbons (Fsp3) is 0. The van der Waals surface area contributed by atoms with Gasteiger partial charge in [-0.15, -0.1) is 0 Å². The second kappa shape index (κ2) is 8.29. The molecule has 2 heteroatoms. The van der Waals surface area contributed by atoms with Crippen LogP contribution in [-0.2, 0) is 0 Å². The van der Waals surface area contributed by atoms with Crippen LogP contribution in [0.3, 0.4) is 0 Å². The van der Waals surface area contributed by atoms with E-state index in [1.165, 1.54) is 0 Å². The summed E-state index contributed by atoms with van der Waals surface area (Å²) in [4.78, 5) is 13.8. The van der Waals surface area contributed by atoms with Gasteiger partial charge in [-0.05, 0) is 34.9 Å². The van der Waals surface area contributed by atoms with Crippen molar-refractivity contribution in [3.05, 3.63) is 142 Å². The molecule has 0 aliphatic carbocycles. The zero-order chi connectivity index (χ0) is 21.0. The van der Waals surface area contributed by atoms with Crippen LogP contribution in [0.2, 0.25) is 0 Å². The Labute approximate surface area is 180 Å². The molecule has 5 rings (SSSR count). The number of para-hydroxylation sites is 1. The first kappa shape index (κ1) is 18.8. The van der Waals surface area contributed by atoms with Crippen LogP contribution in [0.15, 0.2) is 124 Å². The molecule has 5 aromatic rings. The predicted molar refractivity (Wildman–Crippen MR) is 128 cm³/mol. The average molecular weight is 400 g/mol. The topological polar surface area (TPSA) is 30.2 Å². The van der Waals surface area contributed by atoms with Gasteiger partial charge in [0.25, 0.3) is 0 Å². The van der Waals surface area contributed by atoms with E-state index in [0.717, 1.165) is 22.3 Å². The van der Waals surface area contributed by atoms with Crippen LogP contribution >= 0.6 is 0 Å². The molecule has 0 saturated heterocycles. The van der Waals surface area contributed by atoms with Crippen molar-refractivity contribution in [1.29, 1.82) is 0 Å². The van der Waals surface area contributed by atoms with Gasteiger partial charge in [-0.25, -0.2) is 0 Å². The zero-order valence-electron chi connectivity index (χ0n) is 16.9. The molecule has 0 aliphatic rings. The highest BCUT2D eigenvalue weighted by atomic mass is 16.3. The lowest BCUT2D eigenvalue weighted by atomic mass is 9.91. The van der Waals surface area contributed by atoms with Gasteiger partial charge in [-0.3, -0.25) is 4.79 Å². The highest BCUT2D eigenvalue weighted by molar-refractivity contribution is 5.98. The molecule has 0 spiro atoms. The van der Waals surface area contributed by atoms with E-state index in [9.17, 15) is 4.79 Å². The molecule has 0 atom stereocenters. The highest BCUT2D eigenvalue weighted by Crippen LogP contribution is 2.34. The van der Waals surface area contributed by atoms with Crippen LogP contribution < -0.4 is 5.43 Å². The molecular formula is C29H20O2. The molecule has 0 N–H and O–H groups in total. The minimum absolute atomic E-state index is 0.0354. The minimum atomic E-state index is -0.0354. The molecule has 1 heterocycles. The molecule has 1 aromatic heterocycles. The first-order valence-electron chi connectivity index (χ1n) is 10.2. The Morgan fingerprint density at radius 2 is 1.23 bits per heavy atom. The van der Waals surface area contributed by atoms with Crippen molar-refractivity contribution in [3.63, 3.8) is 0 Å². The zero-order valence-corrected chi connectivity index (χ0v) is 16.9. The van der Waals surface area contributed by atoms with Crippen molar-refractivity contribution >= 4 is 22.6 Å². The molecular weight excluding hydrogens is 380 g/mol. The van der Waals surface area contributed by atoms with E-state index in [0.29, 0.717) is 22.3 Å². The third-order valence-corrected chi connectivity index (χ3v) is 5.30. The fourth-order valence-electron chi connectivity index (χ4n) is 3.81. The van der Waals surface area contributed by atoms with Gasteiger partial charge >= 0.3 is 0 Å². The summed E-state index contributed by atoms with van der Waals surface area (Å²) in [6.07, 6.45) is 2.06. The predicted octanol–water partition coefficient (Wildman–Crippen LogP) is 7.05. The van der Waals surface area contributed by atoms with Crippen LogP contribution in [-0.4, -0.2) is 0 Å². The minimum Gasteiger partial charge on any atom is -0.455 e. The van der Waals surface area contributed by atoms with Crippen LogP contribution in [0.4, 0.5) is 0 Å². The normalized spacial score (nSPS) is 11.5. The molecule has 0 aliphatic heterocycles. The lowest BCUT2D eigenvalue weighted by Crippen LogP contribution is -2.11. The molecule has 4 aromatic carbocycles. The van der Waals surface area contributed by atoms with E-state index < -0.39 is 0 Å². The average Bonchev–Trinajstić information content (AvgIpc) is 2.85. The number of hydrogen-bond donors (Lipinski definition) is 0. The van der Waals surface area contributed by atoms with Gasteiger partial charge in [0.15, 0.2) is 0 Å². The van der Waals surface area contributed by atoms with Gasteiger partial charge in [0.2, 0.25) is 5.43 Å². The van der Waals surface area contributed by atoms with E-state index in [2.05, 4.69) is 6.08 Å². The molecule has 0 unspecified atom stereocenters. The summed E-state index contributed by atoms with van der Waals surface area (Å²) in [5, 5.41) is 0.576. The van der Waals surface area contributed by atoms with Crippen molar-refractivity contribution in [2.75, 3.05) is 0 Å². The Morgan fingerprint density at radius 3 is 1.94 bits per heavy atom. The third-order valence-electron chi connectivity index (χ3n) is 5.30. The summed E-state index contributed by atoms with van der Waals surface area (Å²) >= 11 is 0. The van der Waals surface area contributed by atoms with Crippen molar-refractivity contribution < 1.29 is 4.42 Å². The number of fused-ring (bicyclic) bond motifs is 1. The van der Waals surface area contributed by atoms with Gasteiger partial charge in [-0.2, -0.15) is 0 Å². The molecule has 2 nitrogen and oxygen atoms in total. The van der Waals surface area contributed by atoms with Gasteiger partial charge in [0, 0.05) is 5.56 Å². The van der Waals surface area contributed by atoms with Crippen LogP contribution in [0, 0.1) is 0 Å². The maximum atomic E-state index is 13.8. The van der Waals surface area contributed by atoms with E-state index in [-0.39, 0.29) is 5.43 Å². The Kier molecular flexibility index (Phi) is 5.04. The SMILES string of the molecule is O=c1c(/C(=C\c2ccccc2)c2ccccc2)c(-c2ccccc2)oc2ccccc12. The summed E-state index contributed by atoms with van der Waals surface area (Å²) in [5.74, 6) is 0.579. The van der Waals surface area contributed by atoms with Crippen LogP contribution in [0.5, 0.6) is 0 Å². The molecule has 0 fully saturated rings. The van der Waals surface area contributed by atoms with Crippen molar-refractivity contribution in [2.45, 2.75) is 0 Å². The van der Waals surface area contributed by atoms with E-state index >= 15 is 0 Å². The second-order valence-corrected chi connectivity index (χ2v) is 7.33. The molecule has 148 valence electrons. The lowest BCUT2D eigenvalue weighted by Gasteiger charge is -2.14. The van der Waals surface area contributed by atoms with Crippen LogP contribution in [0.25, 0.3) is 33.9 Å². The summed E-state index contributed by atoms with van der Waals surface area (Å²) in [6.45, 7) is 0. The number of rotatable bonds is 4. The van der Waals surface area contributed by atoms with Gasteiger partial charge in [-0.1, -0.05) is 103 Å². The first-order valence-corrected chi connectivity index (χ1v) is 10.2. The van der Waals surface area contributed by atoms with Gasteiger partial charge in [0.1, 0.15) is 11.3 Å². The largest absolute Gasteiger partial charge is 0.455 e. The summed E-state index contributed by atoms with van der Waals surface area (Å²) in [6, 6.07) is 37.3. The lowest BCUT2D eigenvalue weighted by molar-refractivity contribution is 0.617. The molecule has 0 radical (unpaired) electrons. The molecule has 31 heavy (non-hydrogen) atoms. The number of hydrogen-bond acceptors (Lipinski definition) is 2.